The van der Waals surface area contributed by atoms with Gasteiger partial charge in [0.2, 0.25) is 5.91 Å². The highest BCUT2D eigenvalue weighted by Gasteiger charge is 2.31. The van der Waals surface area contributed by atoms with Gasteiger partial charge in [0.1, 0.15) is 11.6 Å². The first-order valence-electron chi connectivity index (χ1n) is 9.00. The van der Waals surface area contributed by atoms with Crippen LogP contribution >= 0.6 is 11.3 Å². The summed E-state index contributed by atoms with van der Waals surface area (Å²) in [5, 5.41) is 3.90. The van der Waals surface area contributed by atoms with Crippen LogP contribution in [-0.2, 0) is 9.53 Å². The number of benzene rings is 1. The first-order valence-corrected chi connectivity index (χ1v) is 9.81. The number of rotatable bonds is 4. The van der Waals surface area contributed by atoms with Gasteiger partial charge in [0.15, 0.2) is 5.13 Å². The largest absolute Gasteiger partial charge is 0.491 e. The lowest BCUT2D eigenvalue weighted by molar-refractivity contribution is -0.116. The second kappa shape index (κ2) is 7.25. The lowest BCUT2D eigenvalue weighted by Gasteiger charge is -2.26. The Morgan fingerprint density at radius 2 is 2.00 bits per heavy atom. The molecule has 2 aliphatic rings. The van der Waals surface area contributed by atoms with Crippen molar-refractivity contribution >= 4 is 28.2 Å². The Kier molecular flexibility index (Phi) is 4.82. The number of amides is 1. The van der Waals surface area contributed by atoms with Crippen molar-refractivity contribution in [3.63, 3.8) is 0 Å². The molecule has 1 aromatic heterocycles. The van der Waals surface area contributed by atoms with Gasteiger partial charge in [-0.3, -0.25) is 4.79 Å². The number of hydrogen-bond donors (Lipinski definition) is 1. The van der Waals surface area contributed by atoms with Gasteiger partial charge in [0.05, 0.1) is 24.2 Å². The number of carbonyl (C=O) groups excluding carboxylic acids is 1. The van der Waals surface area contributed by atoms with Gasteiger partial charge in [0.25, 0.3) is 0 Å². The van der Waals surface area contributed by atoms with E-state index in [2.05, 4.69) is 27.3 Å². The molecule has 1 fully saturated rings. The maximum absolute atomic E-state index is 12.2. The van der Waals surface area contributed by atoms with Crippen LogP contribution in [0.2, 0.25) is 0 Å². The molecule has 0 saturated carbocycles. The van der Waals surface area contributed by atoms with E-state index in [-0.39, 0.29) is 17.9 Å². The van der Waals surface area contributed by atoms with Crippen molar-refractivity contribution in [2.45, 2.75) is 32.3 Å². The summed E-state index contributed by atoms with van der Waals surface area (Å²) in [4.78, 5) is 20.3. The third kappa shape index (κ3) is 3.54. The molecule has 6 nitrogen and oxygen atoms in total. The second-order valence-electron chi connectivity index (χ2n) is 6.85. The van der Waals surface area contributed by atoms with E-state index in [1.165, 1.54) is 0 Å². The van der Waals surface area contributed by atoms with Gasteiger partial charge in [0, 0.05) is 25.4 Å². The van der Waals surface area contributed by atoms with Crippen molar-refractivity contribution in [3.8, 4) is 5.75 Å². The van der Waals surface area contributed by atoms with Crippen LogP contribution in [0, 0.1) is 0 Å². The number of nitrogens with one attached hydrogen (secondary N) is 1. The molecule has 0 spiro atoms. The Labute approximate surface area is 157 Å². The van der Waals surface area contributed by atoms with Gasteiger partial charge in [-0.05, 0) is 31.5 Å². The Bertz CT molecular complexity index is 782. The summed E-state index contributed by atoms with van der Waals surface area (Å²) in [5.74, 6) is 1.62. The Morgan fingerprint density at radius 3 is 2.69 bits per heavy atom. The standard InChI is InChI=1S/C19H23N3O3S/c1-12(2)25-14-5-3-13(4-6-14)15-11-16(23)20-18-17(15)26-19(21-18)22-7-9-24-10-8-22/h3-6,12,15H,7-11H2,1-2H3,(H,20,23). The van der Waals surface area contributed by atoms with E-state index in [0.29, 0.717) is 12.2 Å². The van der Waals surface area contributed by atoms with Crippen LogP contribution in [0.1, 0.15) is 36.6 Å². The lowest BCUT2D eigenvalue weighted by Crippen LogP contribution is -2.36. The number of fused-ring (bicyclic) bond motifs is 1. The zero-order chi connectivity index (χ0) is 18.1. The monoisotopic (exact) mass is 373 g/mol. The molecule has 3 heterocycles. The number of morpholine rings is 1. The smallest absolute Gasteiger partial charge is 0.226 e. The molecular formula is C19H23N3O3S. The van der Waals surface area contributed by atoms with E-state index in [9.17, 15) is 4.79 Å². The molecule has 7 heteroatoms. The highest BCUT2D eigenvalue weighted by Crippen LogP contribution is 2.43. The Hall–Kier alpha value is -2.12. The van der Waals surface area contributed by atoms with Crippen LogP contribution in [0.4, 0.5) is 10.9 Å². The molecule has 1 saturated heterocycles. The molecule has 1 amide bonds. The van der Waals surface area contributed by atoms with Gasteiger partial charge in [-0.1, -0.05) is 23.5 Å². The average molecular weight is 373 g/mol. The molecule has 26 heavy (non-hydrogen) atoms. The molecule has 0 aliphatic carbocycles. The predicted molar refractivity (Wildman–Crippen MR) is 102 cm³/mol. The van der Waals surface area contributed by atoms with Crippen molar-refractivity contribution in [1.82, 2.24) is 4.98 Å². The number of carbonyl (C=O) groups is 1. The number of anilines is 2. The van der Waals surface area contributed by atoms with Gasteiger partial charge in [-0.2, -0.15) is 0 Å². The predicted octanol–water partition coefficient (Wildman–Crippen LogP) is 3.24. The quantitative estimate of drug-likeness (QED) is 0.891. The lowest BCUT2D eigenvalue weighted by atomic mass is 9.91. The molecule has 4 rings (SSSR count). The molecule has 1 unspecified atom stereocenters. The summed E-state index contributed by atoms with van der Waals surface area (Å²) in [5.41, 5.74) is 1.12. The number of ether oxygens (including phenoxy) is 2. The number of thiazole rings is 1. The van der Waals surface area contributed by atoms with Gasteiger partial charge < -0.3 is 19.7 Å². The fourth-order valence-electron chi connectivity index (χ4n) is 3.32. The van der Waals surface area contributed by atoms with Crippen molar-refractivity contribution in [1.29, 1.82) is 0 Å². The zero-order valence-corrected chi connectivity index (χ0v) is 15.8. The van der Waals surface area contributed by atoms with Crippen LogP contribution in [0.3, 0.4) is 0 Å². The first kappa shape index (κ1) is 17.3. The highest BCUT2D eigenvalue weighted by atomic mass is 32.1. The third-order valence-corrected chi connectivity index (χ3v) is 5.77. The minimum Gasteiger partial charge on any atom is -0.491 e. The van der Waals surface area contributed by atoms with Crippen LogP contribution in [0.25, 0.3) is 0 Å². The van der Waals surface area contributed by atoms with E-state index in [1.807, 2.05) is 26.0 Å². The summed E-state index contributed by atoms with van der Waals surface area (Å²) in [7, 11) is 0. The molecule has 1 atom stereocenters. The van der Waals surface area contributed by atoms with Crippen molar-refractivity contribution in [2.75, 3.05) is 36.5 Å². The van der Waals surface area contributed by atoms with Gasteiger partial charge in [-0.25, -0.2) is 4.98 Å². The van der Waals surface area contributed by atoms with Crippen molar-refractivity contribution in [2.24, 2.45) is 0 Å². The second-order valence-corrected chi connectivity index (χ2v) is 7.86. The molecule has 2 aliphatic heterocycles. The minimum atomic E-state index is 0.0174. The third-order valence-electron chi connectivity index (χ3n) is 4.54. The summed E-state index contributed by atoms with van der Waals surface area (Å²) in [6.45, 7) is 7.14. The SMILES string of the molecule is CC(C)Oc1ccc(C2CC(=O)Nc3nc(N4CCOCC4)sc32)cc1. The molecule has 2 aromatic rings. The summed E-state index contributed by atoms with van der Waals surface area (Å²) in [6.07, 6.45) is 0.591. The van der Waals surface area contributed by atoms with E-state index in [1.54, 1.807) is 11.3 Å². The first-order chi connectivity index (χ1) is 12.6. The van der Waals surface area contributed by atoms with Crippen LogP contribution in [0.5, 0.6) is 5.75 Å². The van der Waals surface area contributed by atoms with Crippen LogP contribution < -0.4 is 15.0 Å². The summed E-state index contributed by atoms with van der Waals surface area (Å²) in [6, 6.07) is 8.06. The van der Waals surface area contributed by atoms with Crippen LogP contribution in [-0.4, -0.2) is 43.3 Å². The van der Waals surface area contributed by atoms with E-state index in [4.69, 9.17) is 9.47 Å². The maximum Gasteiger partial charge on any atom is 0.226 e. The summed E-state index contributed by atoms with van der Waals surface area (Å²) >= 11 is 1.67. The molecule has 1 aromatic carbocycles. The molecule has 1 N–H and O–H groups in total. The number of nitrogens with zero attached hydrogens (tertiary/aromatic N) is 2. The fourth-order valence-corrected chi connectivity index (χ4v) is 4.52. The van der Waals surface area contributed by atoms with Crippen molar-refractivity contribution in [3.05, 3.63) is 34.7 Å². The minimum absolute atomic E-state index is 0.0174. The highest BCUT2D eigenvalue weighted by molar-refractivity contribution is 7.16. The van der Waals surface area contributed by atoms with E-state index >= 15 is 0 Å². The molecular weight excluding hydrogens is 350 g/mol. The Balaban J connectivity index is 1.61. The van der Waals surface area contributed by atoms with E-state index in [0.717, 1.165) is 47.6 Å². The molecule has 0 bridgehead atoms. The average Bonchev–Trinajstić information content (AvgIpc) is 3.06. The topological polar surface area (TPSA) is 63.7 Å². The number of hydrogen-bond acceptors (Lipinski definition) is 6. The summed E-state index contributed by atoms with van der Waals surface area (Å²) < 4.78 is 11.1. The van der Waals surface area contributed by atoms with Crippen molar-refractivity contribution < 1.29 is 14.3 Å². The number of aromatic nitrogens is 1. The molecule has 138 valence electrons. The normalized spacial score (nSPS) is 20.0. The van der Waals surface area contributed by atoms with Gasteiger partial charge in [-0.15, -0.1) is 0 Å². The fraction of sp³-hybridized carbons (Fsp3) is 0.474. The molecule has 0 radical (unpaired) electrons. The maximum atomic E-state index is 12.2. The Morgan fingerprint density at radius 1 is 1.27 bits per heavy atom. The van der Waals surface area contributed by atoms with Gasteiger partial charge >= 0.3 is 0 Å². The zero-order valence-electron chi connectivity index (χ0n) is 15.0. The van der Waals surface area contributed by atoms with E-state index < -0.39 is 0 Å². The van der Waals surface area contributed by atoms with Crippen LogP contribution in [0.15, 0.2) is 24.3 Å².